The van der Waals surface area contributed by atoms with Gasteiger partial charge in [0.1, 0.15) is 17.7 Å². The van der Waals surface area contributed by atoms with Crippen LogP contribution < -0.4 is 16.0 Å². The zero-order valence-corrected chi connectivity index (χ0v) is 16.8. The Morgan fingerprint density at radius 2 is 1.70 bits per heavy atom. The molecule has 154 valence electrons. The highest BCUT2D eigenvalue weighted by molar-refractivity contribution is 5.95. The van der Waals surface area contributed by atoms with E-state index < -0.39 is 6.04 Å². The van der Waals surface area contributed by atoms with E-state index in [1.165, 1.54) is 12.1 Å². The predicted octanol–water partition coefficient (Wildman–Crippen LogP) is 4.09. The Hall–Kier alpha value is -3.22. The number of nitrogens with zero attached hydrogens (tertiary/aromatic N) is 2. The molecule has 0 spiro atoms. The molecule has 2 aromatic carbocycles. The van der Waals surface area contributed by atoms with Gasteiger partial charge in [0, 0.05) is 17.5 Å². The van der Waals surface area contributed by atoms with Crippen LogP contribution in [-0.2, 0) is 4.79 Å². The molecule has 0 bridgehead atoms. The van der Waals surface area contributed by atoms with Crippen molar-refractivity contribution in [1.82, 2.24) is 15.3 Å². The first kappa shape index (κ1) is 18.8. The molecule has 1 unspecified atom stereocenters. The van der Waals surface area contributed by atoms with Crippen LogP contribution in [0.1, 0.15) is 32.6 Å². The van der Waals surface area contributed by atoms with E-state index in [9.17, 15) is 9.18 Å². The lowest BCUT2D eigenvalue weighted by Gasteiger charge is -2.17. The molecule has 3 aromatic rings. The van der Waals surface area contributed by atoms with Gasteiger partial charge in [-0.25, -0.2) is 9.37 Å². The molecule has 1 heterocycles. The van der Waals surface area contributed by atoms with E-state index in [4.69, 9.17) is 0 Å². The molecule has 1 amide bonds. The lowest BCUT2D eigenvalue weighted by molar-refractivity contribution is -0.121. The molecule has 2 saturated carbocycles. The van der Waals surface area contributed by atoms with Gasteiger partial charge in [-0.05, 0) is 68.0 Å². The standard InChI is InChI=1S/C23H24FN5O/c1-13(22(30)26-17-7-8-17)25-21-19-12-15(14-2-5-16(24)6-3-14)4-11-20(19)28-23(29-21)27-18-9-10-18/h2-6,11-13,17-18H,7-10H2,1H3,(H,26,30)(H2,25,27,28,29). The van der Waals surface area contributed by atoms with Crippen molar-refractivity contribution >= 4 is 28.6 Å². The van der Waals surface area contributed by atoms with E-state index in [1.807, 2.05) is 25.1 Å². The van der Waals surface area contributed by atoms with E-state index >= 15 is 0 Å². The fraction of sp³-hybridized carbons (Fsp3) is 0.348. The van der Waals surface area contributed by atoms with Gasteiger partial charge in [0.05, 0.1) is 5.52 Å². The fourth-order valence-corrected chi connectivity index (χ4v) is 3.36. The van der Waals surface area contributed by atoms with Crippen molar-refractivity contribution in [2.45, 2.75) is 50.7 Å². The summed E-state index contributed by atoms with van der Waals surface area (Å²) in [6.45, 7) is 1.84. The summed E-state index contributed by atoms with van der Waals surface area (Å²) in [5.74, 6) is 0.884. The smallest absolute Gasteiger partial charge is 0.242 e. The molecule has 0 radical (unpaired) electrons. The molecular weight excluding hydrogens is 381 g/mol. The molecule has 2 aliphatic carbocycles. The van der Waals surface area contributed by atoms with E-state index in [-0.39, 0.29) is 11.7 Å². The van der Waals surface area contributed by atoms with Crippen LogP contribution in [0.15, 0.2) is 42.5 Å². The molecule has 6 nitrogen and oxygen atoms in total. The first-order chi connectivity index (χ1) is 14.5. The summed E-state index contributed by atoms with van der Waals surface area (Å²) in [5, 5.41) is 10.5. The Kier molecular flexibility index (Phi) is 4.73. The number of rotatable bonds is 7. The summed E-state index contributed by atoms with van der Waals surface area (Å²) < 4.78 is 13.3. The summed E-state index contributed by atoms with van der Waals surface area (Å²) in [5.41, 5.74) is 2.63. The molecule has 2 aliphatic rings. The number of aromatic nitrogens is 2. The van der Waals surface area contributed by atoms with Crippen LogP contribution in [0.2, 0.25) is 0 Å². The van der Waals surface area contributed by atoms with Crippen LogP contribution in [0.4, 0.5) is 16.2 Å². The number of hydrogen-bond donors (Lipinski definition) is 3. The minimum absolute atomic E-state index is 0.0318. The Labute approximate surface area is 174 Å². The highest BCUT2D eigenvalue weighted by Crippen LogP contribution is 2.30. The normalized spacial score (nSPS) is 16.9. The highest BCUT2D eigenvalue weighted by atomic mass is 19.1. The summed E-state index contributed by atoms with van der Waals surface area (Å²) in [4.78, 5) is 21.8. The van der Waals surface area contributed by atoms with Crippen molar-refractivity contribution < 1.29 is 9.18 Å². The Bertz CT molecular complexity index is 1090. The number of carbonyl (C=O) groups excluding carboxylic acids is 1. The molecule has 1 aromatic heterocycles. The quantitative estimate of drug-likeness (QED) is 0.552. The van der Waals surface area contributed by atoms with Gasteiger partial charge in [0.2, 0.25) is 11.9 Å². The highest BCUT2D eigenvalue weighted by Gasteiger charge is 2.26. The number of nitrogens with one attached hydrogen (secondary N) is 3. The van der Waals surface area contributed by atoms with Gasteiger partial charge < -0.3 is 16.0 Å². The molecular formula is C23H24FN5O. The third kappa shape index (κ3) is 4.20. The lowest BCUT2D eigenvalue weighted by atomic mass is 10.0. The zero-order valence-electron chi connectivity index (χ0n) is 16.8. The first-order valence-corrected chi connectivity index (χ1v) is 10.5. The molecule has 5 rings (SSSR count). The molecule has 30 heavy (non-hydrogen) atoms. The average molecular weight is 405 g/mol. The van der Waals surface area contributed by atoms with Crippen LogP contribution in [-0.4, -0.2) is 34.0 Å². The van der Waals surface area contributed by atoms with Crippen LogP contribution in [0.25, 0.3) is 22.0 Å². The molecule has 1 atom stereocenters. The summed E-state index contributed by atoms with van der Waals surface area (Å²) >= 11 is 0. The third-order valence-electron chi connectivity index (χ3n) is 5.45. The van der Waals surface area contributed by atoms with E-state index in [0.29, 0.717) is 23.8 Å². The zero-order chi connectivity index (χ0) is 20.7. The molecule has 0 saturated heterocycles. The molecule has 3 N–H and O–H groups in total. The van der Waals surface area contributed by atoms with Gasteiger partial charge in [-0.1, -0.05) is 18.2 Å². The van der Waals surface area contributed by atoms with Crippen molar-refractivity contribution in [3.8, 4) is 11.1 Å². The third-order valence-corrected chi connectivity index (χ3v) is 5.45. The average Bonchev–Trinajstić information content (AvgIpc) is 3.66. The maximum Gasteiger partial charge on any atom is 0.242 e. The predicted molar refractivity (Wildman–Crippen MR) is 116 cm³/mol. The van der Waals surface area contributed by atoms with Gasteiger partial charge in [0.15, 0.2) is 0 Å². The van der Waals surface area contributed by atoms with Crippen LogP contribution >= 0.6 is 0 Å². The van der Waals surface area contributed by atoms with E-state index in [1.54, 1.807) is 12.1 Å². The summed E-state index contributed by atoms with van der Waals surface area (Å²) in [7, 11) is 0. The Balaban J connectivity index is 1.50. The van der Waals surface area contributed by atoms with Crippen molar-refractivity contribution in [3.63, 3.8) is 0 Å². The maximum atomic E-state index is 13.3. The lowest BCUT2D eigenvalue weighted by Crippen LogP contribution is -2.38. The Morgan fingerprint density at radius 3 is 2.40 bits per heavy atom. The minimum Gasteiger partial charge on any atom is -0.358 e. The number of carbonyl (C=O) groups is 1. The number of fused-ring (bicyclic) bond motifs is 1. The number of hydrogen-bond acceptors (Lipinski definition) is 5. The molecule has 0 aliphatic heterocycles. The van der Waals surface area contributed by atoms with Gasteiger partial charge in [-0.15, -0.1) is 0 Å². The maximum absolute atomic E-state index is 13.3. The molecule has 2 fully saturated rings. The number of amides is 1. The van der Waals surface area contributed by atoms with Gasteiger partial charge >= 0.3 is 0 Å². The number of benzene rings is 2. The minimum atomic E-state index is -0.424. The topological polar surface area (TPSA) is 78.9 Å². The SMILES string of the molecule is CC(Nc1nc(NC2CC2)nc2ccc(-c3ccc(F)cc3)cc12)C(=O)NC1CC1. The number of anilines is 2. The fourth-order valence-electron chi connectivity index (χ4n) is 3.36. The van der Waals surface area contributed by atoms with Gasteiger partial charge in [0.25, 0.3) is 0 Å². The van der Waals surface area contributed by atoms with Crippen molar-refractivity contribution in [2.24, 2.45) is 0 Å². The van der Waals surface area contributed by atoms with Crippen molar-refractivity contribution in [1.29, 1.82) is 0 Å². The number of halogens is 1. The van der Waals surface area contributed by atoms with Crippen LogP contribution in [0.5, 0.6) is 0 Å². The second-order valence-corrected chi connectivity index (χ2v) is 8.20. The van der Waals surface area contributed by atoms with E-state index in [2.05, 4.69) is 25.9 Å². The first-order valence-electron chi connectivity index (χ1n) is 10.5. The van der Waals surface area contributed by atoms with Crippen molar-refractivity contribution in [2.75, 3.05) is 10.6 Å². The summed E-state index contributed by atoms with van der Waals surface area (Å²) in [6.07, 6.45) is 4.33. The van der Waals surface area contributed by atoms with Gasteiger partial charge in [-0.3, -0.25) is 4.79 Å². The molecule has 7 heteroatoms. The van der Waals surface area contributed by atoms with Crippen LogP contribution in [0.3, 0.4) is 0 Å². The van der Waals surface area contributed by atoms with E-state index in [0.717, 1.165) is 47.7 Å². The van der Waals surface area contributed by atoms with Crippen LogP contribution in [0, 0.1) is 5.82 Å². The second kappa shape index (κ2) is 7.55. The Morgan fingerprint density at radius 1 is 1.00 bits per heavy atom. The van der Waals surface area contributed by atoms with Crippen molar-refractivity contribution in [3.05, 3.63) is 48.3 Å². The monoisotopic (exact) mass is 405 g/mol. The van der Waals surface area contributed by atoms with Gasteiger partial charge in [-0.2, -0.15) is 4.98 Å². The summed E-state index contributed by atoms with van der Waals surface area (Å²) in [6, 6.07) is 12.6. The largest absolute Gasteiger partial charge is 0.358 e. The second-order valence-electron chi connectivity index (χ2n) is 8.20.